The van der Waals surface area contributed by atoms with Gasteiger partial charge < -0.3 is 4.42 Å². The number of aromatic nitrogens is 2. The maximum Gasteiger partial charge on any atom is 0.240 e. The number of hydrogen-bond donors (Lipinski definition) is 1. The Morgan fingerprint density at radius 2 is 2.00 bits per heavy atom. The predicted molar refractivity (Wildman–Crippen MR) is 107 cm³/mol. The Labute approximate surface area is 168 Å². The summed E-state index contributed by atoms with van der Waals surface area (Å²) in [4.78, 5) is 22.1. The second kappa shape index (κ2) is 7.76. The number of carbonyl (C=O) groups is 1. The first-order valence-electron chi connectivity index (χ1n) is 9.20. The van der Waals surface area contributed by atoms with Crippen LogP contribution in [0.1, 0.15) is 24.3 Å². The second-order valence-corrected chi connectivity index (χ2v) is 8.54. The van der Waals surface area contributed by atoms with Gasteiger partial charge in [0.25, 0.3) is 0 Å². The van der Waals surface area contributed by atoms with E-state index < -0.39 is 10.0 Å². The van der Waals surface area contributed by atoms with Crippen molar-refractivity contribution in [3.63, 3.8) is 0 Å². The average molecular weight is 412 g/mol. The van der Waals surface area contributed by atoms with E-state index in [0.29, 0.717) is 30.4 Å². The van der Waals surface area contributed by atoms with Crippen molar-refractivity contribution in [2.75, 3.05) is 11.4 Å². The number of pyridine rings is 1. The molecule has 0 atom stereocenters. The highest BCUT2D eigenvalue weighted by Crippen LogP contribution is 2.22. The lowest BCUT2D eigenvalue weighted by molar-refractivity contribution is -0.117. The van der Waals surface area contributed by atoms with Crippen LogP contribution in [0.5, 0.6) is 0 Å². The van der Waals surface area contributed by atoms with Gasteiger partial charge in [-0.3, -0.25) is 9.69 Å². The smallest absolute Gasteiger partial charge is 0.240 e. The first kappa shape index (κ1) is 19.3. The molecule has 1 aliphatic heterocycles. The van der Waals surface area contributed by atoms with Gasteiger partial charge in [0.15, 0.2) is 5.89 Å². The van der Waals surface area contributed by atoms with Crippen molar-refractivity contribution >= 4 is 21.7 Å². The normalized spacial score (nSPS) is 14.5. The van der Waals surface area contributed by atoms with Crippen LogP contribution >= 0.6 is 0 Å². The van der Waals surface area contributed by atoms with Crippen LogP contribution in [0.25, 0.3) is 11.3 Å². The maximum absolute atomic E-state index is 12.6. The Hall–Kier alpha value is -3.04. The van der Waals surface area contributed by atoms with E-state index in [0.717, 1.165) is 17.5 Å². The zero-order valence-electron chi connectivity index (χ0n) is 15.8. The molecule has 2 aromatic heterocycles. The molecule has 1 amide bonds. The van der Waals surface area contributed by atoms with E-state index in [-0.39, 0.29) is 17.3 Å². The first-order valence-corrected chi connectivity index (χ1v) is 10.7. The number of benzene rings is 1. The van der Waals surface area contributed by atoms with Crippen molar-refractivity contribution in [1.29, 1.82) is 0 Å². The summed E-state index contributed by atoms with van der Waals surface area (Å²) in [5.41, 5.74) is 2.16. The number of nitrogens with one attached hydrogen (secondary N) is 1. The lowest BCUT2D eigenvalue weighted by Crippen LogP contribution is -2.26. The zero-order chi connectivity index (χ0) is 20.4. The largest absolute Gasteiger partial charge is 0.449 e. The van der Waals surface area contributed by atoms with E-state index in [4.69, 9.17) is 4.42 Å². The highest BCUT2D eigenvalue weighted by molar-refractivity contribution is 7.89. The van der Waals surface area contributed by atoms with Crippen LogP contribution in [0.3, 0.4) is 0 Å². The lowest BCUT2D eigenvalue weighted by atomic mass is 10.2. The van der Waals surface area contributed by atoms with E-state index in [1.807, 2.05) is 0 Å². The minimum atomic E-state index is -3.69. The van der Waals surface area contributed by atoms with Crippen LogP contribution in [-0.2, 0) is 21.4 Å². The Morgan fingerprint density at radius 3 is 2.66 bits per heavy atom. The number of carbonyl (C=O) groups excluding carboxylic acids is 1. The summed E-state index contributed by atoms with van der Waals surface area (Å²) in [6.07, 6.45) is 4.44. The van der Waals surface area contributed by atoms with Gasteiger partial charge in [0.1, 0.15) is 17.8 Å². The van der Waals surface area contributed by atoms with Gasteiger partial charge in [0.2, 0.25) is 15.9 Å². The molecule has 3 aromatic rings. The van der Waals surface area contributed by atoms with Crippen molar-refractivity contribution in [2.45, 2.75) is 31.2 Å². The standard InChI is InChI=1S/C20H20N4O4S/c1-14-23-18(13-28-14)16-4-6-17(7-5-16)29(26,27)22-12-15-8-9-21-19(11-15)24-10-2-3-20(24)25/h4-9,11,13,22H,2-3,10,12H2,1H3. The highest BCUT2D eigenvalue weighted by Gasteiger charge is 2.23. The third kappa shape index (κ3) is 4.20. The van der Waals surface area contributed by atoms with Crippen molar-refractivity contribution in [3.05, 3.63) is 60.3 Å². The SMILES string of the molecule is Cc1nc(-c2ccc(S(=O)(=O)NCc3ccnc(N4CCCC4=O)c3)cc2)co1. The van der Waals surface area contributed by atoms with Crippen LogP contribution < -0.4 is 9.62 Å². The summed E-state index contributed by atoms with van der Waals surface area (Å²) >= 11 is 0. The number of amides is 1. The molecule has 1 aliphatic rings. The van der Waals surface area contributed by atoms with E-state index >= 15 is 0 Å². The molecule has 8 nitrogen and oxygen atoms in total. The van der Waals surface area contributed by atoms with Crippen molar-refractivity contribution < 1.29 is 17.6 Å². The second-order valence-electron chi connectivity index (χ2n) is 6.77. The number of oxazole rings is 1. The molecule has 0 spiro atoms. The molecular weight excluding hydrogens is 392 g/mol. The molecule has 1 saturated heterocycles. The molecule has 0 unspecified atom stereocenters. The Morgan fingerprint density at radius 1 is 1.21 bits per heavy atom. The summed E-state index contributed by atoms with van der Waals surface area (Å²) in [7, 11) is -3.69. The van der Waals surface area contributed by atoms with E-state index in [1.54, 1.807) is 42.3 Å². The van der Waals surface area contributed by atoms with Crippen LogP contribution in [0.4, 0.5) is 5.82 Å². The molecule has 3 heterocycles. The molecule has 1 aromatic carbocycles. The van der Waals surface area contributed by atoms with Crippen molar-refractivity contribution in [1.82, 2.24) is 14.7 Å². The molecular formula is C20H20N4O4S. The Bertz CT molecular complexity index is 1140. The summed E-state index contributed by atoms with van der Waals surface area (Å²) < 4.78 is 33.0. The fraction of sp³-hybridized carbons (Fsp3) is 0.250. The quantitative estimate of drug-likeness (QED) is 0.667. The summed E-state index contributed by atoms with van der Waals surface area (Å²) in [5, 5.41) is 0. The van der Waals surface area contributed by atoms with Gasteiger partial charge in [-0.2, -0.15) is 0 Å². The van der Waals surface area contributed by atoms with Crippen LogP contribution in [0.2, 0.25) is 0 Å². The van der Waals surface area contributed by atoms with Crippen molar-refractivity contribution in [2.24, 2.45) is 0 Å². The highest BCUT2D eigenvalue weighted by atomic mass is 32.2. The fourth-order valence-electron chi connectivity index (χ4n) is 3.17. The van der Waals surface area contributed by atoms with Gasteiger partial charge in [-0.15, -0.1) is 0 Å². The third-order valence-corrected chi connectivity index (χ3v) is 6.12. The van der Waals surface area contributed by atoms with E-state index in [1.165, 1.54) is 18.4 Å². The van der Waals surface area contributed by atoms with E-state index in [2.05, 4.69) is 14.7 Å². The predicted octanol–water partition coefficient (Wildman–Crippen LogP) is 2.65. The van der Waals surface area contributed by atoms with E-state index in [9.17, 15) is 13.2 Å². The number of hydrogen-bond acceptors (Lipinski definition) is 6. The van der Waals surface area contributed by atoms with Crippen LogP contribution in [-0.4, -0.2) is 30.8 Å². The number of rotatable bonds is 6. The Balaban J connectivity index is 1.46. The minimum Gasteiger partial charge on any atom is -0.449 e. The molecule has 29 heavy (non-hydrogen) atoms. The molecule has 1 N–H and O–H groups in total. The number of nitrogens with zero attached hydrogens (tertiary/aromatic N) is 3. The number of sulfonamides is 1. The molecule has 0 radical (unpaired) electrons. The lowest BCUT2D eigenvalue weighted by Gasteiger charge is -2.15. The monoisotopic (exact) mass is 412 g/mol. The molecule has 9 heteroatoms. The Kier molecular flexibility index (Phi) is 5.16. The summed E-state index contributed by atoms with van der Waals surface area (Å²) in [5.74, 6) is 1.14. The number of aryl methyl sites for hydroxylation is 1. The fourth-order valence-corrected chi connectivity index (χ4v) is 4.19. The zero-order valence-corrected chi connectivity index (χ0v) is 16.6. The van der Waals surface area contributed by atoms with Gasteiger partial charge in [0.05, 0.1) is 4.90 Å². The van der Waals surface area contributed by atoms with Gasteiger partial charge in [-0.1, -0.05) is 12.1 Å². The maximum atomic E-state index is 12.6. The topological polar surface area (TPSA) is 105 Å². The van der Waals surface area contributed by atoms with Crippen LogP contribution in [0.15, 0.2) is 58.2 Å². The molecule has 150 valence electrons. The van der Waals surface area contributed by atoms with Gasteiger partial charge in [0, 0.05) is 38.2 Å². The summed E-state index contributed by atoms with van der Waals surface area (Å²) in [6.45, 7) is 2.49. The molecule has 0 bridgehead atoms. The molecule has 1 fully saturated rings. The van der Waals surface area contributed by atoms with Crippen molar-refractivity contribution in [3.8, 4) is 11.3 Å². The molecule has 0 aliphatic carbocycles. The number of anilines is 1. The van der Waals surface area contributed by atoms with Crippen LogP contribution in [0, 0.1) is 6.92 Å². The van der Waals surface area contributed by atoms with Gasteiger partial charge in [-0.05, 0) is 36.2 Å². The van der Waals surface area contributed by atoms with Gasteiger partial charge >= 0.3 is 0 Å². The minimum absolute atomic E-state index is 0.0395. The summed E-state index contributed by atoms with van der Waals surface area (Å²) in [6, 6.07) is 9.90. The molecule has 4 rings (SSSR count). The average Bonchev–Trinajstić information content (AvgIpc) is 3.35. The first-order chi connectivity index (χ1) is 13.9. The third-order valence-electron chi connectivity index (χ3n) is 4.71. The molecule has 0 saturated carbocycles. The van der Waals surface area contributed by atoms with Gasteiger partial charge in [-0.25, -0.2) is 23.1 Å².